The maximum absolute atomic E-state index is 12.4. The molecule has 0 aliphatic heterocycles. The SMILES string of the molecule is CC(=O)Nc1ccc(C(=O)N(CC(=O)O)CC2CC2)cc1. The van der Waals surface area contributed by atoms with Crippen LogP contribution in [-0.4, -0.2) is 40.9 Å². The Hall–Kier alpha value is -2.37. The lowest BCUT2D eigenvalue weighted by molar-refractivity contribution is -0.137. The van der Waals surface area contributed by atoms with Gasteiger partial charge in [0.1, 0.15) is 6.54 Å². The largest absolute Gasteiger partial charge is 0.480 e. The Balaban J connectivity index is 2.07. The van der Waals surface area contributed by atoms with Crippen molar-refractivity contribution >= 4 is 23.5 Å². The van der Waals surface area contributed by atoms with Gasteiger partial charge < -0.3 is 15.3 Å². The highest BCUT2D eigenvalue weighted by Crippen LogP contribution is 2.30. The highest BCUT2D eigenvalue weighted by molar-refractivity contribution is 5.96. The van der Waals surface area contributed by atoms with Gasteiger partial charge in [-0.15, -0.1) is 0 Å². The molecule has 0 unspecified atom stereocenters. The van der Waals surface area contributed by atoms with E-state index in [-0.39, 0.29) is 18.4 Å². The second kappa shape index (κ2) is 6.39. The van der Waals surface area contributed by atoms with Gasteiger partial charge in [0.2, 0.25) is 5.91 Å². The van der Waals surface area contributed by atoms with E-state index in [1.165, 1.54) is 11.8 Å². The molecular weight excluding hydrogens is 272 g/mol. The average Bonchev–Trinajstić information content (AvgIpc) is 3.21. The van der Waals surface area contributed by atoms with Gasteiger partial charge in [-0.3, -0.25) is 14.4 Å². The van der Waals surface area contributed by atoms with Crippen LogP contribution in [0, 0.1) is 5.92 Å². The quantitative estimate of drug-likeness (QED) is 0.832. The van der Waals surface area contributed by atoms with Crippen LogP contribution in [0.2, 0.25) is 0 Å². The molecule has 1 aliphatic carbocycles. The number of aliphatic carboxylic acids is 1. The molecule has 6 heteroatoms. The van der Waals surface area contributed by atoms with Crippen molar-refractivity contribution in [3.05, 3.63) is 29.8 Å². The summed E-state index contributed by atoms with van der Waals surface area (Å²) in [5.74, 6) is -1.07. The summed E-state index contributed by atoms with van der Waals surface area (Å²) in [5.41, 5.74) is 1.03. The lowest BCUT2D eigenvalue weighted by atomic mass is 10.1. The first-order chi connectivity index (χ1) is 9.95. The fourth-order valence-corrected chi connectivity index (χ4v) is 2.08. The van der Waals surface area contributed by atoms with E-state index in [9.17, 15) is 14.4 Å². The minimum absolute atomic E-state index is 0.185. The van der Waals surface area contributed by atoms with E-state index in [0.29, 0.717) is 23.7 Å². The molecule has 2 amide bonds. The van der Waals surface area contributed by atoms with E-state index < -0.39 is 5.97 Å². The van der Waals surface area contributed by atoms with Crippen LogP contribution in [0.1, 0.15) is 30.1 Å². The summed E-state index contributed by atoms with van der Waals surface area (Å²) in [6, 6.07) is 6.44. The van der Waals surface area contributed by atoms with Crippen molar-refractivity contribution in [2.75, 3.05) is 18.4 Å². The Morgan fingerprint density at radius 1 is 1.24 bits per heavy atom. The molecular formula is C15H18N2O4. The van der Waals surface area contributed by atoms with E-state index in [2.05, 4.69) is 5.32 Å². The summed E-state index contributed by atoms with van der Waals surface area (Å²) < 4.78 is 0. The molecule has 21 heavy (non-hydrogen) atoms. The smallest absolute Gasteiger partial charge is 0.323 e. The fourth-order valence-electron chi connectivity index (χ4n) is 2.08. The number of amides is 2. The Morgan fingerprint density at radius 2 is 1.86 bits per heavy atom. The van der Waals surface area contributed by atoms with Gasteiger partial charge in [0.05, 0.1) is 0 Å². The van der Waals surface area contributed by atoms with Crippen molar-refractivity contribution < 1.29 is 19.5 Å². The van der Waals surface area contributed by atoms with E-state index in [4.69, 9.17) is 5.11 Å². The molecule has 0 spiro atoms. The van der Waals surface area contributed by atoms with Crippen molar-refractivity contribution in [2.24, 2.45) is 5.92 Å². The van der Waals surface area contributed by atoms with E-state index in [0.717, 1.165) is 12.8 Å². The highest BCUT2D eigenvalue weighted by Gasteiger charge is 2.28. The lowest BCUT2D eigenvalue weighted by Gasteiger charge is -2.20. The van der Waals surface area contributed by atoms with Crippen LogP contribution >= 0.6 is 0 Å². The van der Waals surface area contributed by atoms with Crippen LogP contribution in [0.5, 0.6) is 0 Å². The van der Waals surface area contributed by atoms with Crippen molar-refractivity contribution in [1.29, 1.82) is 0 Å². The van der Waals surface area contributed by atoms with Gasteiger partial charge in [-0.1, -0.05) is 0 Å². The molecule has 1 fully saturated rings. The Bertz CT molecular complexity index is 549. The third kappa shape index (κ3) is 4.59. The van der Waals surface area contributed by atoms with Gasteiger partial charge in [-0.2, -0.15) is 0 Å². The Kier molecular flexibility index (Phi) is 4.57. The van der Waals surface area contributed by atoms with Crippen molar-refractivity contribution in [1.82, 2.24) is 4.90 Å². The molecule has 112 valence electrons. The average molecular weight is 290 g/mol. The summed E-state index contributed by atoms with van der Waals surface area (Å²) in [6.45, 7) is 1.60. The molecule has 0 bridgehead atoms. The zero-order valence-corrected chi connectivity index (χ0v) is 11.8. The van der Waals surface area contributed by atoms with Crippen LogP contribution in [0.4, 0.5) is 5.69 Å². The monoisotopic (exact) mass is 290 g/mol. The maximum Gasteiger partial charge on any atom is 0.323 e. The summed E-state index contributed by atoms with van der Waals surface area (Å²) >= 11 is 0. The number of rotatable bonds is 6. The Morgan fingerprint density at radius 3 is 2.33 bits per heavy atom. The maximum atomic E-state index is 12.4. The van der Waals surface area contributed by atoms with Crippen LogP contribution in [0.3, 0.4) is 0 Å². The number of carboxylic acid groups (broad SMARTS) is 1. The van der Waals surface area contributed by atoms with Gasteiger partial charge >= 0.3 is 5.97 Å². The molecule has 0 saturated heterocycles. The fraction of sp³-hybridized carbons (Fsp3) is 0.400. The van der Waals surface area contributed by atoms with E-state index in [1.54, 1.807) is 24.3 Å². The topological polar surface area (TPSA) is 86.7 Å². The number of anilines is 1. The molecule has 1 aromatic rings. The lowest BCUT2D eigenvalue weighted by Crippen LogP contribution is -2.37. The minimum Gasteiger partial charge on any atom is -0.480 e. The number of hydrogen-bond acceptors (Lipinski definition) is 3. The van der Waals surface area contributed by atoms with Crippen LogP contribution in [0.25, 0.3) is 0 Å². The van der Waals surface area contributed by atoms with E-state index >= 15 is 0 Å². The molecule has 0 heterocycles. The predicted molar refractivity (Wildman–Crippen MR) is 77.0 cm³/mol. The van der Waals surface area contributed by atoms with Crippen molar-refractivity contribution in [3.8, 4) is 0 Å². The van der Waals surface area contributed by atoms with Gasteiger partial charge in [0, 0.05) is 24.7 Å². The molecule has 1 aliphatic rings. The molecule has 1 aromatic carbocycles. The number of carbonyl (C=O) groups excluding carboxylic acids is 2. The molecule has 0 radical (unpaired) electrons. The van der Waals surface area contributed by atoms with Crippen LogP contribution < -0.4 is 5.32 Å². The van der Waals surface area contributed by atoms with Gasteiger partial charge in [0.15, 0.2) is 0 Å². The van der Waals surface area contributed by atoms with Gasteiger partial charge in [-0.05, 0) is 43.0 Å². The summed E-state index contributed by atoms with van der Waals surface area (Å²) in [5, 5.41) is 11.5. The summed E-state index contributed by atoms with van der Waals surface area (Å²) in [7, 11) is 0. The van der Waals surface area contributed by atoms with Crippen LogP contribution in [0.15, 0.2) is 24.3 Å². The number of nitrogens with one attached hydrogen (secondary N) is 1. The first-order valence-corrected chi connectivity index (χ1v) is 6.84. The second-order valence-electron chi connectivity index (χ2n) is 5.28. The highest BCUT2D eigenvalue weighted by atomic mass is 16.4. The normalized spacial score (nSPS) is 13.6. The minimum atomic E-state index is -1.01. The molecule has 0 aromatic heterocycles. The number of nitrogens with zero attached hydrogens (tertiary/aromatic N) is 1. The van der Waals surface area contributed by atoms with Crippen molar-refractivity contribution in [3.63, 3.8) is 0 Å². The number of benzene rings is 1. The molecule has 0 atom stereocenters. The second-order valence-corrected chi connectivity index (χ2v) is 5.28. The van der Waals surface area contributed by atoms with Gasteiger partial charge in [0.25, 0.3) is 5.91 Å². The first-order valence-electron chi connectivity index (χ1n) is 6.84. The van der Waals surface area contributed by atoms with Crippen molar-refractivity contribution in [2.45, 2.75) is 19.8 Å². The first kappa shape index (κ1) is 15.0. The third-order valence-electron chi connectivity index (χ3n) is 3.24. The molecule has 6 nitrogen and oxygen atoms in total. The standard InChI is InChI=1S/C15H18N2O4/c1-10(18)16-13-6-4-12(5-7-13)15(21)17(9-14(19)20)8-11-2-3-11/h4-7,11H,2-3,8-9H2,1H3,(H,16,18)(H,19,20). The summed E-state index contributed by atoms with van der Waals surface area (Å²) in [4.78, 5) is 35.5. The number of carboxylic acids is 1. The third-order valence-corrected chi connectivity index (χ3v) is 3.24. The zero-order valence-electron chi connectivity index (χ0n) is 11.8. The van der Waals surface area contributed by atoms with E-state index in [1.807, 2.05) is 0 Å². The Labute approximate surface area is 122 Å². The van der Waals surface area contributed by atoms with Crippen LogP contribution in [-0.2, 0) is 9.59 Å². The zero-order chi connectivity index (χ0) is 15.4. The molecule has 2 N–H and O–H groups in total. The molecule has 2 rings (SSSR count). The molecule has 1 saturated carbocycles. The number of carbonyl (C=O) groups is 3. The summed E-state index contributed by atoms with van der Waals surface area (Å²) in [6.07, 6.45) is 2.09. The predicted octanol–water partition coefficient (Wildman–Crippen LogP) is 1.58. The van der Waals surface area contributed by atoms with Gasteiger partial charge in [-0.25, -0.2) is 0 Å². The number of hydrogen-bond donors (Lipinski definition) is 2.